The molecule has 24 heteroatoms. The maximum absolute atomic E-state index is 11.4. The molecule has 5 rings (SSSR count). The van der Waals surface area contributed by atoms with Gasteiger partial charge in [-0.2, -0.15) is 0 Å². The number of aromatic amines is 8. The molecule has 0 radical (unpaired) electrons. The first-order chi connectivity index (χ1) is 23.1. The maximum Gasteiger partial charge on any atom is 0.333 e. The third kappa shape index (κ3) is 11.3. The Hall–Kier alpha value is -6.62. The summed E-state index contributed by atoms with van der Waals surface area (Å²) in [6.07, 6.45) is 6.89. The SMILES string of the molecule is C=CCn1c(=O)[nH]c(=O)[nH]c1=O.CCCn1c(=O)[nH]c(=O)[nH]c1=O.Cn1c(=O)[nH]c(=O)[nH]c1=O.O=c1[nH]c(=O)n(C2CCCCC2)c(=O)[nH]1. The Morgan fingerprint density at radius 2 is 0.898 bits per heavy atom. The standard InChI is InChI=1S/C9H13N3O3.C6H9N3O3.C6H7N3O3.C4H5N3O3/c13-7-10-8(14)12(9(15)11-7)6-4-2-1-3-5-6;2*1-2-3-9-5(11)7-4(10)8-6(9)12;1-7-3(9)5-2(8)6-4(7)10/h6H,1-5H2,(H2,10,11,13,14,15);2-3H2,1H3,(H2,7,8,10,11,12);2H,1,3H2,(H2,7,8,10,11,12);1H3,(H2,5,6,8,9,10). The molecule has 0 aliphatic heterocycles. The van der Waals surface area contributed by atoms with E-state index in [2.05, 4.69) is 16.5 Å². The predicted octanol–water partition coefficient (Wildman–Crippen LogP) is -5.46. The summed E-state index contributed by atoms with van der Waals surface area (Å²) in [7, 11) is 1.26. The van der Waals surface area contributed by atoms with Crippen LogP contribution < -0.4 is 68.3 Å². The van der Waals surface area contributed by atoms with E-state index in [4.69, 9.17) is 0 Å². The van der Waals surface area contributed by atoms with Gasteiger partial charge in [-0.3, -0.25) is 39.9 Å². The van der Waals surface area contributed by atoms with Crippen LogP contribution in [0, 0.1) is 0 Å². The molecule has 0 unspecified atom stereocenters. The fourth-order valence-electron chi connectivity index (χ4n) is 4.22. The van der Waals surface area contributed by atoms with Crippen molar-refractivity contribution < 1.29 is 0 Å². The van der Waals surface area contributed by atoms with Crippen molar-refractivity contribution in [2.75, 3.05) is 0 Å². The number of aromatic nitrogens is 12. The van der Waals surface area contributed by atoms with Crippen LogP contribution in [0.15, 0.2) is 70.2 Å². The van der Waals surface area contributed by atoms with E-state index in [1.807, 2.05) is 36.8 Å². The van der Waals surface area contributed by atoms with Crippen LogP contribution >= 0.6 is 0 Å². The summed E-state index contributed by atoms with van der Waals surface area (Å²) in [5.74, 6) is 0. The second-order valence-electron chi connectivity index (χ2n) is 10.0. The van der Waals surface area contributed by atoms with Gasteiger partial charge in [0.1, 0.15) is 0 Å². The van der Waals surface area contributed by atoms with Crippen LogP contribution in [-0.2, 0) is 20.1 Å². The van der Waals surface area contributed by atoms with Crippen LogP contribution in [-0.4, -0.2) is 58.1 Å². The molecule has 0 aromatic carbocycles. The zero-order valence-electron chi connectivity index (χ0n) is 26.2. The Morgan fingerprint density at radius 1 is 0.551 bits per heavy atom. The number of hydrogen-bond acceptors (Lipinski definition) is 12. The molecule has 266 valence electrons. The fraction of sp³-hybridized carbons (Fsp3) is 0.440. The lowest BCUT2D eigenvalue weighted by molar-refractivity contribution is 0.330. The quantitative estimate of drug-likeness (QED) is 0.0907. The number of allylic oxidation sites excluding steroid dienone is 1. The first-order valence-corrected chi connectivity index (χ1v) is 14.4. The van der Waals surface area contributed by atoms with E-state index in [0.717, 1.165) is 50.4 Å². The van der Waals surface area contributed by atoms with Crippen molar-refractivity contribution in [3.63, 3.8) is 0 Å². The normalized spacial score (nSPS) is 12.3. The zero-order chi connectivity index (χ0) is 36.8. The van der Waals surface area contributed by atoms with Gasteiger partial charge in [-0.05, 0) is 19.3 Å². The van der Waals surface area contributed by atoms with Gasteiger partial charge in [-0.15, -0.1) is 6.58 Å². The number of nitrogens with one attached hydrogen (secondary N) is 8. The second kappa shape index (κ2) is 17.9. The summed E-state index contributed by atoms with van der Waals surface area (Å²) >= 11 is 0. The van der Waals surface area contributed by atoms with Gasteiger partial charge in [-0.25, -0.2) is 75.8 Å². The van der Waals surface area contributed by atoms with E-state index in [-0.39, 0.29) is 12.6 Å². The minimum Gasteiger partial charge on any atom is -0.259 e. The Labute approximate surface area is 268 Å². The lowest BCUT2D eigenvalue weighted by atomic mass is 9.95. The molecule has 4 aromatic rings. The minimum absolute atomic E-state index is 0.0631. The molecule has 1 fully saturated rings. The van der Waals surface area contributed by atoms with E-state index in [0.29, 0.717) is 13.0 Å². The predicted molar refractivity (Wildman–Crippen MR) is 171 cm³/mol. The average molecular weight is 695 g/mol. The molecule has 1 aliphatic rings. The second-order valence-corrected chi connectivity index (χ2v) is 10.0. The lowest BCUT2D eigenvalue weighted by Crippen LogP contribution is -2.45. The molecular weight excluding hydrogens is 660 g/mol. The molecule has 0 atom stereocenters. The molecule has 4 heterocycles. The molecule has 1 aliphatic carbocycles. The highest BCUT2D eigenvalue weighted by Crippen LogP contribution is 2.25. The summed E-state index contributed by atoms with van der Waals surface area (Å²) < 4.78 is 3.66. The van der Waals surface area contributed by atoms with Gasteiger partial charge in [0.2, 0.25) is 0 Å². The highest BCUT2D eigenvalue weighted by atomic mass is 16.2. The van der Waals surface area contributed by atoms with Crippen LogP contribution in [0.4, 0.5) is 0 Å². The number of H-pyrrole nitrogens is 8. The number of rotatable bonds is 5. The topological polar surface area (TPSA) is 351 Å². The third-order valence-electron chi connectivity index (χ3n) is 6.49. The van der Waals surface area contributed by atoms with E-state index < -0.39 is 68.3 Å². The fourth-order valence-corrected chi connectivity index (χ4v) is 4.22. The summed E-state index contributed by atoms with van der Waals surface area (Å²) in [6.45, 7) is 5.57. The van der Waals surface area contributed by atoms with E-state index >= 15 is 0 Å². The van der Waals surface area contributed by atoms with Gasteiger partial charge in [0, 0.05) is 19.6 Å². The largest absolute Gasteiger partial charge is 0.333 e. The molecule has 0 spiro atoms. The van der Waals surface area contributed by atoms with E-state index in [1.165, 1.54) is 13.1 Å². The summed E-state index contributed by atoms with van der Waals surface area (Å²) in [5, 5.41) is 0. The van der Waals surface area contributed by atoms with Crippen molar-refractivity contribution in [1.82, 2.24) is 58.1 Å². The molecule has 49 heavy (non-hydrogen) atoms. The lowest BCUT2D eigenvalue weighted by Gasteiger charge is -2.21. The smallest absolute Gasteiger partial charge is 0.259 e. The van der Waals surface area contributed by atoms with E-state index in [1.54, 1.807) is 0 Å². The van der Waals surface area contributed by atoms with Gasteiger partial charge in [0.25, 0.3) is 0 Å². The molecule has 4 aromatic heterocycles. The van der Waals surface area contributed by atoms with Crippen LogP contribution in [0.5, 0.6) is 0 Å². The van der Waals surface area contributed by atoms with Crippen molar-refractivity contribution in [2.24, 2.45) is 7.05 Å². The van der Waals surface area contributed by atoms with Crippen molar-refractivity contribution in [3.05, 3.63) is 138 Å². The minimum atomic E-state index is -0.801. The van der Waals surface area contributed by atoms with E-state index in [9.17, 15) is 57.5 Å². The molecule has 8 N–H and O–H groups in total. The van der Waals surface area contributed by atoms with Gasteiger partial charge in [0.05, 0.1) is 6.54 Å². The Morgan fingerprint density at radius 3 is 1.27 bits per heavy atom. The maximum atomic E-state index is 11.4. The Balaban J connectivity index is 0.000000229. The zero-order valence-corrected chi connectivity index (χ0v) is 26.2. The van der Waals surface area contributed by atoms with Crippen LogP contribution in [0.2, 0.25) is 0 Å². The van der Waals surface area contributed by atoms with Crippen molar-refractivity contribution in [1.29, 1.82) is 0 Å². The highest BCUT2D eigenvalue weighted by Gasteiger charge is 2.18. The molecule has 0 saturated heterocycles. The van der Waals surface area contributed by atoms with Gasteiger partial charge >= 0.3 is 68.3 Å². The molecular formula is C25H34N12O12. The number of nitrogens with zero attached hydrogens (tertiary/aromatic N) is 4. The Kier molecular flexibility index (Phi) is 14.1. The first-order valence-electron chi connectivity index (χ1n) is 14.4. The van der Waals surface area contributed by atoms with Crippen molar-refractivity contribution in [2.45, 2.75) is 64.6 Å². The third-order valence-corrected chi connectivity index (χ3v) is 6.49. The van der Waals surface area contributed by atoms with Crippen LogP contribution in [0.3, 0.4) is 0 Å². The van der Waals surface area contributed by atoms with Crippen molar-refractivity contribution in [3.8, 4) is 0 Å². The molecule has 1 saturated carbocycles. The van der Waals surface area contributed by atoms with Crippen molar-refractivity contribution >= 4 is 0 Å². The van der Waals surface area contributed by atoms with Gasteiger partial charge in [0.15, 0.2) is 0 Å². The highest BCUT2D eigenvalue weighted by molar-refractivity contribution is 4.79. The molecule has 0 bridgehead atoms. The summed E-state index contributed by atoms with van der Waals surface area (Å²) in [4.78, 5) is 146. The monoisotopic (exact) mass is 694 g/mol. The molecule has 24 nitrogen and oxygen atoms in total. The first kappa shape index (κ1) is 38.6. The molecule has 0 amide bonds. The Bertz CT molecular complexity index is 2330. The van der Waals surface area contributed by atoms with Crippen LogP contribution in [0.25, 0.3) is 0 Å². The summed E-state index contributed by atoms with van der Waals surface area (Å²) in [5.41, 5.74) is -8.51. The summed E-state index contributed by atoms with van der Waals surface area (Å²) in [6, 6.07) is -0.0631. The van der Waals surface area contributed by atoms with Gasteiger partial charge in [-0.1, -0.05) is 32.3 Å². The van der Waals surface area contributed by atoms with Gasteiger partial charge < -0.3 is 0 Å². The van der Waals surface area contributed by atoms with Crippen LogP contribution in [0.1, 0.15) is 51.5 Å². The average Bonchev–Trinajstić information content (AvgIpc) is 3.00. The number of hydrogen-bond donors (Lipinski definition) is 8.